The van der Waals surface area contributed by atoms with Gasteiger partial charge in [0.05, 0.1) is 11.0 Å². The van der Waals surface area contributed by atoms with Crippen molar-refractivity contribution in [2.45, 2.75) is 18.1 Å². The molecule has 0 amide bonds. The van der Waals surface area contributed by atoms with Gasteiger partial charge in [-0.3, -0.25) is 0 Å². The Labute approximate surface area is 88.3 Å². The number of rotatable bonds is 3. The summed E-state index contributed by atoms with van der Waals surface area (Å²) in [6.07, 6.45) is 1.11. The number of ether oxygens (including phenoxy) is 1. The highest BCUT2D eigenvalue weighted by atomic mass is 32.2. The van der Waals surface area contributed by atoms with Crippen molar-refractivity contribution in [2.24, 2.45) is 0 Å². The third-order valence-electron chi connectivity index (χ3n) is 2.24. The highest BCUT2D eigenvalue weighted by Gasteiger charge is 2.32. The van der Waals surface area contributed by atoms with Gasteiger partial charge in [0.15, 0.2) is 9.84 Å². The summed E-state index contributed by atoms with van der Waals surface area (Å²) in [5.41, 5.74) is -0.314. The molecule has 1 fully saturated rings. The number of hydrogen-bond acceptors (Lipinski definition) is 5. The molecular formula is C9H11NO4S. The second-order valence-corrected chi connectivity index (χ2v) is 5.72. The van der Waals surface area contributed by atoms with E-state index in [1.54, 1.807) is 6.07 Å². The predicted octanol–water partition coefficient (Wildman–Crippen LogP) is 0.187. The highest BCUT2D eigenvalue weighted by molar-refractivity contribution is 7.92. The molecule has 6 heteroatoms. The van der Waals surface area contributed by atoms with Crippen molar-refractivity contribution in [3.05, 3.63) is 12.2 Å². The third kappa shape index (κ3) is 2.80. The van der Waals surface area contributed by atoms with Gasteiger partial charge < -0.3 is 4.74 Å². The molecule has 0 bridgehead atoms. The smallest absolute Gasteiger partial charge is 0.348 e. The summed E-state index contributed by atoms with van der Waals surface area (Å²) in [7, 11) is -3.10. The molecule has 0 N–H and O–H groups in total. The number of carbonyl (C=O) groups excluding carboxylic acids is 1. The first-order chi connectivity index (χ1) is 6.97. The van der Waals surface area contributed by atoms with Gasteiger partial charge >= 0.3 is 5.97 Å². The summed E-state index contributed by atoms with van der Waals surface area (Å²) >= 11 is 0. The van der Waals surface area contributed by atoms with Crippen molar-refractivity contribution in [3.8, 4) is 6.07 Å². The van der Waals surface area contributed by atoms with Crippen molar-refractivity contribution in [3.63, 3.8) is 0 Å². The second kappa shape index (κ2) is 4.45. The van der Waals surface area contributed by atoms with Gasteiger partial charge in [0, 0.05) is 0 Å². The van der Waals surface area contributed by atoms with Crippen LogP contribution >= 0.6 is 0 Å². The zero-order chi connectivity index (χ0) is 11.5. The molecule has 0 radical (unpaired) electrons. The molecule has 1 rings (SSSR count). The zero-order valence-corrected chi connectivity index (χ0v) is 8.92. The fraction of sp³-hybridized carbons (Fsp3) is 0.556. The fourth-order valence-corrected chi connectivity index (χ4v) is 3.05. The van der Waals surface area contributed by atoms with E-state index in [0.717, 1.165) is 0 Å². The summed E-state index contributed by atoms with van der Waals surface area (Å²) in [6.45, 7) is 2.99. The maximum absolute atomic E-state index is 11.3. The minimum atomic E-state index is -3.10. The average molecular weight is 229 g/mol. The lowest BCUT2D eigenvalue weighted by molar-refractivity contribution is -0.138. The highest BCUT2D eigenvalue weighted by Crippen LogP contribution is 2.20. The summed E-state index contributed by atoms with van der Waals surface area (Å²) in [5, 5.41) is 7.71. The molecular weight excluding hydrogens is 218 g/mol. The van der Waals surface area contributed by atoms with Crippen LogP contribution in [0.4, 0.5) is 0 Å². The number of nitriles is 1. The van der Waals surface area contributed by atoms with E-state index < -0.39 is 21.1 Å². The fourth-order valence-electron chi connectivity index (χ4n) is 1.35. The third-order valence-corrected chi connectivity index (χ3v) is 4.49. The lowest BCUT2D eigenvalue weighted by atomic mass is 10.3. The summed E-state index contributed by atoms with van der Waals surface area (Å²) in [6, 6.07) is 1.54. The first-order valence-electron chi connectivity index (χ1n) is 4.45. The van der Waals surface area contributed by atoms with Crippen LogP contribution in [0.15, 0.2) is 12.2 Å². The maximum atomic E-state index is 11.3. The van der Waals surface area contributed by atoms with Gasteiger partial charge in [-0.2, -0.15) is 5.26 Å². The molecule has 1 saturated heterocycles. The Morgan fingerprint density at radius 3 is 2.73 bits per heavy atom. The average Bonchev–Trinajstić information content (AvgIpc) is 2.53. The van der Waals surface area contributed by atoms with Crippen LogP contribution in [0.3, 0.4) is 0 Å². The largest absolute Gasteiger partial charge is 0.460 e. The van der Waals surface area contributed by atoms with Crippen LogP contribution in [-0.4, -0.2) is 32.0 Å². The Hall–Kier alpha value is -1.35. The molecule has 0 aliphatic carbocycles. The predicted molar refractivity (Wildman–Crippen MR) is 52.5 cm³/mol. The Morgan fingerprint density at radius 2 is 2.27 bits per heavy atom. The van der Waals surface area contributed by atoms with E-state index in [-0.39, 0.29) is 17.9 Å². The van der Waals surface area contributed by atoms with Crippen LogP contribution in [-0.2, 0) is 19.4 Å². The SMILES string of the molecule is C=C(C#N)C(=O)OCC1CCCS1(=O)=O. The summed E-state index contributed by atoms with van der Waals surface area (Å²) < 4.78 is 27.3. The lowest BCUT2D eigenvalue weighted by Gasteiger charge is -2.09. The molecule has 1 heterocycles. The molecule has 0 aromatic carbocycles. The van der Waals surface area contributed by atoms with Gasteiger partial charge in [0.1, 0.15) is 18.2 Å². The Kier molecular flexibility index (Phi) is 3.48. The van der Waals surface area contributed by atoms with E-state index in [4.69, 9.17) is 5.26 Å². The molecule has 82 valence electrons. The van der Waals surface area contributed by atoms with Gasteiger partial charge in [-0.15, -0.1) is 0 Å². The van der Waals surface area contributed by atoms with Crippen LogP contribution < -0.4 is 0 Å². The van der Waals surface area contributed by atoms with E-state index in [2.05, 4.69) is 11.3 Å². The van der Waals surface area contributed by atoms with Crippen molar-refractivity contribution >= 4 is 15.8 Å². The van der Waals surface area contributed by atoms with Crippen LogP contribution in [0.2, 0.25) is 0 Å². The monoisotopic (exact) mass is 229 g/mol. The zero-order valence-electron chi connectivity index (χ0n) is 8.10. The van der Waals surface area contributed by atoms with E-state index in [1.807, 2.05) is 0 Å². The molecule has 15 heavy (non-hydrogen) atoms. The minimum absolute atomic E-state index is 0.147. The Balaban J connectivity index is 2.49. The molecule has 0 spiro atoms. The Bertz CT molecular complexity index is 418. The van der Waals surface area contributed by atoms with E-state index >= 15 is 0 Å². The number of nitrogens with zero attached hydrogens (tertiary/aromatic N) is 1. The number of carbonyl (C=O) groups is 1. The molecule has 1 atom stereocenters. The molecule has 1 aliphatic heterocycles. The molecule has 0 saturated carbocycles. The van der Waals surface area contributed by atoms with Crippen molar-refractivity contribution in [1.29, 1.82) is 5.26 Å². The molecule has 1 aliphatic rings. The number of hydrogen-bond donors (Lipinski definition) is 0. The van der Waals surface area contributed by atoms with Crippen molar-refractivity contribution in [1.82, 2.24) is 0 Å². The van der Waals surface area contributed by atoms with Crippen LogP contribution in [0.25, 0.3) is 0 Å². The molecule has 0 aromatic heterocycles. The Morgan fingerprint density at radius 1 is 1.60 bits per heavy atom. The summed E-state index contributed by atoms with van der Waals surface area (Å²) in [5.74, 6) is -0.700. The van der Waals surface area contributed by atoms with E-state index in [1.165, 1.54) is 0 Å². The van der Waals surface area contributed by atoms with Gasteiger partial charge in [0.2, 0.25) is 0 Å². The molecule has 1 unspecified atom stereocenters. The van der Waals surface area contributed by atoms with Crippen molar-refractivity contribution < 1.29 is 17.9 Å². The van der Waals surface area contributed by atoms with E-state index in [9.17, 15) is 13.2 Å². The van der Waals surface area contributed by atoms with Crippen LogP contribution in [0.5, 0.6) is 0 Å². The van der Waals surface area contributed by atoms with Crippen LogP contribution in [0.1, 0.15) is 12.8 Å². The van der Waals surface area contributed by atoms with Gasteiger partial charge in [-0.1, -0.05) is 6.58 Å². The standard InChI is InChI=1S/C9H11NO4S/c1-7(5-10)9(11)14-6-8-3-2-4-15(8,12)13/h8H,1-4,6H2. The van der Waals surface area contributed by atoms with Gasteiger partial charge in [0.25, 0.3) is 0 Å². The number of sulfone groups is 1. The first kappa shape index (κ1) is 11.7. The second-order valence-electron chi connectivity index (χ2n) is 3.32. The topological polar surface area (TPSA) is 84.2 Å². The van der Waals surface area contributed by atoms with Crippen LogP contribution in [0, 0.1) is 11.3 Å². The lowest BCUT2D eigenvalue weighted by Crippen LogP contribution is -2.24. The van der Waals surface area contributed by atoms with E-state index in [0.29, 0.717) is 12.8 Å². The summed E-state index contributed by atoms with van der Waals surface area (Å²) in [4.78, 5) is 11.0. The first-order valence-corrected chi connectivity index (χ1v) is 6.16. The maximum Gasteiger partial charge on any atom is 0.348 e. The van der Waals surface area contributed by atoms with Gasteiger partial charge in [-0.05, 0) is 12.8 Å². The minimum Gasteiger partial charge on any atom is -0.460 e. The van der Waals surface area contributed by atoms with Crippen molar-refractivity contribution in [2.75, 3.05) is 12.4 Å². The molecule has 5 nitrogen and oxygen atoms in total. The van der Waals surface area contributed by atoms with Gasteiger partial charge in [-0.25, -0.2) is 13.2 Å². The quantitative estimate of drug-likeness (QED) is 0.392. The molecule has 0 aromatic rings. The number of esters is 1. The normalized spacial score (nSPS) is 23.0.